The van der Waals surface area contributed by atoms with Crippen LogP contribution in [0.1, 0.15) is 28.0 Å². The Bertz CT molecular complexity index is 715. The summed E-state index contributed by atoms with van der Waals surface area (Å²) >= 11 is 3.02. The Morgan fingerprint density at radius 1 is 1.29 bits per heavy atom. The molecule has 0 radical (unpaired) electrons. The second-order valence-corrected chi connectivity index (χ2v) is 7.25. The summed E-state index contributed by atoms with van der Waals surface area (Å²) in [5.74, 6) is 0.313. The first-order valence-corrected chi connectivity index (χ1v) is 9.87. The minimum atomic E-state index is -0.589. The molecule has 0 saturated heterocycles. The molecule has 2 amide bonds. The SMILES string of the molecule is CSCC[C@@H](NC(=O)c1ccccc1C)C(=O)Nc1nc(C)cs1. The highest BCUT2D eigenvalue weighted by molar-refractivity contribution is 7.98. The lowest BCUT2D eigenvalue weighted by Crippen LogP contribution is -2.44. The molecule has 2 rings (SSSR count). The number of amides is 2. The first-order valence-electron chi connectivity index (χ1n) is 7.59. The van der Waals surface area contributed by atoms with E-state index in [2.05, 4.69) is 15.6 Å². The Morgan fingerprint density at radius 3 is 2.67 bits per heavy atom. The van der Waals surface area contributed by atoms with Gasteiger partial charge in [0.05, 0.1) is 5.69 Å². The molecule has 1 aromatic carbocycles. The predicted molar refractivity (Wildman–Crippen MR) is 101 cm³/mol. The van der Waals surface area contributed by atoms with Gasteiger partial charge in [-0.1, -0.05) is 18.2 Å². The number of thioether (sulfide) groups is 1. The number of anilines is 1. The van der Waals surface area contributed by atoms with E-state index in [0.717, 1.165) is 17.0 Å². The number of aromatic nitrogens is 1. The van der Waals surface area contributed by atoms with Crippen LogP contribution in [-0.2, 0) is 4.79 Å². The summed E-state index contributed by atoms with van der Waals surface area (Å²) in [7, 11) is 0. The van der Waals surface area contributed by atoms with E-state index in [9.17, 15) is 9.59 Å². The van der Waals surface area contributed by atoms with Crippen molar-refractivity contribution in [2.75, 3.05) is 17.3 Å². The van der Waals surface area contributed by atoms with Gasteiger partial charge in [0.1, 0.15) is 6.04 Å². The number of hydrogen-bond acceptors (Lipinski definition) is 5. The molecule has 128 valence electrons. The molecule has 0 fully saturated rings. The third-order valence-corrected chi connectivity index (χ3v) is 4.99. The molecular weight excluding hydrogens is 342 g/mol. The number of thiazole rings is 1. The lowest BCUT2D eigenvalue weighted by atomic mass is 10.1. The third-order valence-electron chi connectivity index (χ3n) is 3.47. The van der Waals surface area contributed by atoms with Crippen LogP contribution in [-0.4, -0.2) is 34.8 Å². The molecule has 0 spiro atoms. The molecule has 0 aliphatic carbocycles. The zero-order valence-electron chi connectivity index (χ0n) is 14.0. The van der Waals surface area contributed by atoms with E-state index in [1.54, 1.807) is 17.8 Å². The van der Waals surface area contributed by atoms with Gasteiger partial charge in [0, 0.05) is 10.9 Å². The zero-order valence-corrected chi connectivity index (χ0v) is 15.6. The van der Waals surface area contributed by atoms with Gasteiger partial charge in [0.15, 0.2) is 5.13 Å². The van der Waals surface area contributed by atoms with Gasteiger partial charge in [-0.25, -0.2) is 4.98 Å². The van der Waals surface area contributed by atoms with Gasteiger partial charge in [0.2, 0.25) is 5.91 Å². The molecule has 7 heteroatoms. The molecule has 1 atom stereocenters. The topological polar surface area (TPSA) is 71.1 Å². The van der Waals surface area contributed by atoms with E-state index in [0.29, 0.717) is 17.1 Å². The van der Waals surface area contributed by atoms with Crippen molar-refractivity contribution in [2.45, 2.75) is 26.3 Å². The Kier molecular flexibility index (Phi) is 6.81. The van der Waals surface area contributed by atoms with Gasteiger partial charge < -0.3 is 10.6 Å². The maximum absolute atomic E-state index is 12.5. The lowest BCUT2D eigenvalue weighted by molar-refractivity contribution is -0.118. The van der Waals surface area contributed by atoms with Crippen LogP contribution in [0.25, 0.3) is 0 Å². The third kappa shape index (κ3) is 5.07. The first kappa shape index (κ1) is 18.5. The molecule has 0 bridgehead atoms. The van der Waals surface area contributed by atoms with Gasteiger partial charge >= 0.3 is 0 Å². The molecule has 0 aliphatic heterocycles. The number of nitrogens with one attached hydrogen (secondary N) is 2. The van der Waals surface area contributed by atoms with Gasteiger partial charge in [0.25, 0.3) is 5.91 Å². The Balaban J connectivity index is 2.08. The normalized spacial score (nSPS) is 11.8. The standard InChI is InChI=1S/C17H21N3O2S2/c1-11-6-4-5-7-13(11)15(21)19-14(8-9-23-3)16(22)20-17-18-12(2)10-24-17/h4-7,10,14H,8-9H2,1-3H3,(H,19,21)(H,18,20,22)/t14-/m1/s1. The average Bonchev–Trinajstić information content (AvgIpc) is 2.96. The quantitative estimate of drug-likeness (QED) is 0.792. The first-order chi connectivity index (χ1) is 11.5. The van der Waals surface area contributed by atoms with Crippen molar-refractivity contribution in [1.82, 2.24) is 10.3 Å². The summed E-state index contributed by atoms with van der Waals surface area (Å²) in [6.07, 6.45) is 2.54. The highest BCUT2D eigenvalue weighted by Gasteiger charge is 2.22. The Morgan fingerprint density at radius 2 is 2.04 bits per heavy atom. The van der Waals surface area contributed by atoms with Crippen molar-refractivity contribution in [3.8, 4) is 0 Å². The summed E-state index contributed by atoms with van der Waals surface area (Å²) in [5, 5.41) is 8.06. The molecule has 1 aromatic heterocycles. The van der Waals surface area contributed by atoms with Crippen molar-refractivity contribution in [2.24, 2.45) is 0 Å². The molecule has 2 aromatic rings. The smallest absolute Gasteiger partial charge is 0.252 e. The molecule has 0 unspecified atom stereocenters. The Hall–Kier alpha value is -1.86. The lowest BCUT2D eigenvalue weighted by Gasteiger charge is -2.18. The highest BCUT2D eigenvalue weighted by atomic mass is 32.2. The van der Waals surface area contributed by atoms with Crippen LogP contribution in [0.3, 0.4) is 0 Å². The van der Waals surface area contributed by atoms with Crippen LogP contribution in [0.5, 0.6) is 0 Å². The zero-order chi connectivity index (χ0) is 17.5. The maximum atomic E-state index is 12.5. The number of rotatable bonds is 7. The van der Waals surface area contributed by atoms with E-state index in [4.69, 9.17) is 0 Å². The fraction of sp³-hybridized carbons (Fsp3) is 0.353. The van der Waals surface area contributed by atoms with Gasteiger partial charge in [-0.15, -0.1) is 11.3 Å². The minimum Gasteiger partial charge on any atom is -0.340 e. The number of hydrogen-bond donors (Lipinski definition) is 2. The van der Waals surface area contributed by atoms with Crippen molar-refractivity contribution in [1.29, 1.82) is 0 Å². The van der Waals surface area contributed by atoms with Crippen LogP contribution >= 0.6 is 23.1 Å². The minimum absolute atomic E-state index is 0.232. The molecular formula is C17H21N3O2S2. The predicted octanol–water partition coefficient (Wildman–Crippen LogP) is 3.25. The van der Waals surface area contributed by atoms with Crippen LogP contribution < -0.4 is 10.6 Å². The van der Waals surface area contributed by atoms with E-state index in [-0.39, 0.29) is 11.8 Å². The van der Waals surface area contributed by atoms with Crippen LogP contribution in [0.2, 0.25) is 0 Å². The van der Waals surface area contributed by atoms with Crippen molar-refractivity contribution >= 4 is 40.0 Å². The average molecular weight is 364 g/mol. The largest absolute Gasteiger partial charge is 0.340 e. The molecule has 1 heterocycles. The van der Waals surface area contributed by atoms with Gasteiger partial charge in [-0.05, 0) is 43.9 Å². The van der Waals surface area contributed by atoms with E-state index < -0.39 is 6.04 Å². The fourth-order valence-corrected chi connectivity index (χ4v) is 3.33. The molecule has 2 N–H and O–H groups in total. The van der Waals surface area contributed by atoms with E-state index in [1.165, 1.54) is 11.3 Å². The number of carbonyl (C=O) groups excluding carboxylic acids is 2. The maximum Gasteiger partial charge on any atom is 0.252 e. The fourth-order valence-electron chi connectivity index (χ4n) is 2.17. The summed E-state index contributed by atoms with van der Waals surface area (Å²) in [4.78, 5) is 29.2. The molecule has 24 heavy (non-hydrogen) atoms. The van der Waals surface area contributed by atoms with Crippen molar-refractivity contribution in [3.63, 3.8) is 0 Å². The second kappa shape index (κ2) is 8.84. The summed E-state index contributed by atoms with van der Waals surface area (Å²) in [6.45, 7) is 3.75. The van der Waals surface area contributed by atoms with Crippen LogP contribution in [0, 0.1) is 13.8 Å². The van der Waals surface area contributed by atoms with Crippen molar-refractivity contribution < 1.29 is 9.59 Å². The molecule has 0 aliphatic rings. The van der Waals surface area contributed by atoms with Crippen LogP contribution in [0.4, 0.5) is 5.13 Å². The van der Waals surface area contributed by atoms with Gasteiger partial charge in [-0.3, -0.25) is 9.59 Å². The monoisotopic (exact) mass is 363 g/mol. The summed E-state index contributed by atoms with van der Waals surface area (Å²) in [6, 6.07) is 6.75. The number of nitrogens with zero attached hydrogens (tertiary/aromatic N) is 1. The Labute approximate surface area is 150 Å². The summed E-state index contributed by atoms with van der Waals surface area (Å²) in [5.41, 5.74) is 2.33. The highest BCUT2D eigenvalue weighted by Crippen LogP contribution is 2.15. The van der Waals surface area contributed by atoms with E-state index >= 15 is 0 Å². The van der Waals surface area contributed by atoms with Crippen LogP contribution in [0.15, 0.2) is 29.6 Å². The van der Waals surface area contributed by atoms with Crippen molar-refractivity contribution in [3.05, 3.63) is 46.5 Å². The number of carbonyl (C=O) groups is 2. The number of benzene rings is 1. The second-order valence-electron chi connectivity index (χ2n) is 5.41. The molecule has 5 nitrogen and oxygen atoms in total. The molecule has 0 saturated carbocycles. The number of aryl methyl sites for hydroxylation is 2. The van der Waals surface area contributed by atoms with Gasteiger partial charge in [-0.2, -0.15) is 11.8 Å². The summed E-state index contributed by atoms with van der Waals surface area (Å²) < 4.78 is 0. The van der Waals surface area contributed by atoms with E-state index in [1.807, 2.05) is 43.7 Å².